The van der Waals surface area contributed by atoms with Gasteiger partial charge in [0.05, 0.1) is 6.61 Å². The Morgan fingerprint density at radius 3 is 3.05 bits per heavy atom. The summed E-state index contributed by atoms with van der Waals surface area (Å²) in [6.45, 7) is 4.31. The van der Waals surface area contributed by atoms with Crippen LogP contribution < -0.4 is 10.1 Å². The highest BCUT2D eigenvalue weighted by molar-refractivity contribution is 5.39. The van der Waals surface area contributed by atoms with Crippen molar-refractivity contribution in [3.63, 3.8) is 0 Å². The molecular formula is C18H27NO. The van der Waals surface area contributed by atoms with Crippen LogP contribution in [-0.4, -0.2) is 19.2 Å². The number of hydrogen-bond acceptors (Lipinski definition) is 2. The smallest absolute Gasteiger partial charge is 0.122 e. The molecule has 1 aromatic rings. The van der Waals surface area contributed by atoms with Gasteiger partial charge in [-0.2, -0.15) is 0 Å². The van der Waals surface area contributed by atoms with Crippen molar-refractivity contribution in [1.29, 1.82) is 0 Å². The third kappa shape index (κ3) is 3.17. The first kappa shape index (κ1) is 13.9. The molecule has 2 aliphatic rings. The van der Waals surface area contributed by atoms with Crippen LogP contribution in [0.25, 0.3) is 0 Å². The summed E-state index contributed by atoms with van der Waals surface area (Å²) < 4.78 is 5.57. The van der Waals surface area contributed by atoms with Gasteiger partial charge in [0, 0.05) is 12.5 Å². The van der Waals surface area contributed by atoms with E-state index >= 15 is 0 Å². The van der Waals surface area contributed by atoms with Gasteiger partial charge < -0.3 is 10.1 Å². The molecule has 2 unspecified atom stereocenters. The average molecular weight is 273 g/mol. The molecule has 0 amide bonds. The van der Waals surface area contributed by atoms with Crippen LogP contribution in [0.15, 0.2) is 18.2 Å². The molecule has 1 aliphatic heterocycles. The summed E-state index contributed by atoms with van der Waals surface area (Å²) in [7, 11) is 0. The Balaban J connectivity index is 1.49. The first-order valence-electron chi connectivity index (χ1n) is 8.35. The molecule has 1 heterocycles. The van der Waals surface area contributed by atoms with Crippen molar-refractivity contribution in [2.24, 2.45) is 5.92 Å². The molecule has 0 saturated heterocycles. The second kappa shape index (κ2) is 6.62. The fourth-order valence-electron chi connectivity index (χ4n) is 3.76. The zero-order chi connectivity index (χ0) is 13.8. The van der Waals surface area contributed by atoms with Crippen LogP contribution in [0.4, 0.5) is 0 Å². The van der Waals surface area contributed by atoms with Gasteiger partial charge in [-0.25, -0.2) is 0 Å². The molecule has 0 radical (unpaired) electrons. The Labute approximate surface area is 122 Å². The molecule has 2 nitrogen and oxygen atoms in total. The van der Waals surface area contributed by atoms with Gasteiger partial charge in [-0.05, 0) is 48.9 Å². The molecule has 2 atom stereocenters. The third-order valence-electron chi connectivity index (χ3n) is 5.01. The van der Waals surface area contributed by atoms with Crippen LogP contribution in [0.5, 0.6) is 5.75 Å². The van der Waals surface area contributed by atoms with Crippen molar-refractivity contribution >= 4 is 0 Å². The summed E-state index contributed by atoms with van der Waals surface area (Å²) in [6.07, 6.45) is 9.18. The lowest BCUT2D eigenvalue weighted by Crippen LogP contribution is -2.39. The highest BCUT2D eigenvalue weighted by Crippen LogP contribution is 2.27. The number of nitrogens with one attached hydrogen (secondary N) is 1. The molecule has 20 heavy (non-hydrogen) atoms. The van der Waals surface area contributed by atoms with E-state index < -0.39 is 0 Å². The van der Waals surface area contributed by atoms with E-state index in [0.717, 1.165) is 43.7 Å². The first-order chi connectivity index (χ1) is 9.86. The lowest BCUT2D eigenvalue weighted by molar-refractivity contribution is 0.257. The Morgan fingerprint density at radius 2 is 2.15 bits per heavy atom. The van der Waals surface area contributed by atoms with Gasteiger partial charge in [-0.15, -0.1) is 0 Å². The number of hydrogen-bond donors (Lipinski definition) is 1. The Hall–Kier alpha value is -1.02. The van der Waals surface area contributed by atoms with Crippen molar-refractivity contribution in [3.05, 3.63) is 29.3 Å². The van der Waals surface area contributed by atoms with Crippen molar-refractivity contribution in [1.82, 2.24) is 5.32 Å². The van der Waals surface area contributed by atoms with Crippen LogP contribution in [0.1, 0.15) is 50.2 Å². The standard InChI is InChI=1S/C18H27NO/c1-2-15-5-3-4-6-17(15)19-11-9-14-7-8-18-16(13-14)10-12-20-18/h7-8,13,15,17,19H,2-6,9-12H2,1H3. The molecule has 0 bridgehead atoms. The summed E-state index contributed by atoms with van der Waals surface area (Å²) in [6, 6.07) is 7.46. The topological polar surface area (TPSA) is 21.3 Å². The molecule has 3 rings (SSSR count). The minimum atomic E-state index is 0.756. The molecule has 0 aromatic heterocycles. The summed E-state index contributed by atoms with van der Waals surface area (Å²) in [4.78, 5) is 0. The predicted octanol–water partition coefficient (Wildman–Crippen LogP) is 3.72. The van der Waals surface area contributed by atoms with Crippen molar-refractivity contribution in [2.75, 3.05) is 13.2 Å². The van der Waals surface area contributed by atoms with Crippen molar-refractivity contribution < 1.29 is 4.74 Å². The van der Waals surface area contributed by atoms with E-state index in [0.29, 0.717) is 0 Å². The first-order valence-corrected chi connectivity index (χ1v) is 8.35. The van der Waals surface area contributed by atoms with Gasteiger partial charge in [-0.3, -0.25) is 0 Å². The largest absolute Gasteiger partial charge is 0.493 e. The normalized spacial score (nSPS) is 25.2. The van der Waals surface area contributed by atoms with Gasteiger partial charge in [-0.1, -0.05) is 38.3 Å². The number of rotatable bonds is 5. The molecule has 110 valence electrons. The quantitative estimate of drug-likeness (QED) is 0.883. The zero-order valence-corrected chi connectivity index (χ0v) is 12.7. The third-order valence-corrected chi connectivity index (χ3v) is 5.01. The van der Waals surface area contributed by atoms with E-state index in [-0.39, 0.29) is 0 Å². The molecule has 0 spiro atoms. The van der Waals surface area contributed by atoms with E-state index in [1.165, 1.54) is 43.2 Å². The minimum Gasteiger partial charge on any atom is -0.493 e. The highest BCUT2D eigenvalue weighted by Gasteiger charge is 2.22. The number of benzene rings is 1. The summed E-state index contributed by atoms with van der Waals surface area (Å²) in [5.41, 5.74) is 2.84. The highest BCUT2D eigenvalue weighted by atomic mass is 16.5. The minimum absolute atomic E-state index is 0.756. The van der Waals surface area contributed by atoms with Crippen LogP contribution in [0, 0.1) is 5.92 Å². The fraction of sp³-hybridized carbons (Fsp3) is 0.667. The van der Waals surface area contributed by atoms with Crippen molar-refractivity contribution in [3.8, 4) is 5.75 Å². The Bertz CT molecular complexity index is 443. The lowest BCUT2D eigenvalue weighted by Gasteiger charge is -2.31. The molecule has 1 aliphatic carbocycles. The van der Waals surface area contributed by atoms with Gasteiger partial charge in [0.2, 0.25) is 0 Å². The van der Waals surface area contributed by atoms with E-state index in [1.807, 2.05) is 0 Å². The zero-order valence-electron chi connectivity index (χ0n) is 12.7. The maximum Gasteiger partial charge on any atom is 0.122 e. The summed E-state index contributed by atoms with van der Waals surface area (Å²) >= 11 is 0. The second-order valence-corrected chi connectivity index (χ2v) is 6.30. The second-order valence-electron chi connectivity index (χ2n) is 6.30. The molecular weight excluding hydrogens is 246 g/mol. The van der Waals surface area contributed by atoms with Crippen LogP contribution in [-0.2, 0) is 12.8 Å². The van der Waals surface area contributed by atoms with Gasteiger partial charge in [0.1, 0.15) is 5.75 Å². The van der Waals surface area contributed by atoms with E-state index in [1.54, 1.807) is 0 Å². The number of fused-ring (bicyclic) bond motifs is 1. The molecule has 1 saturated carbocycles. The van der Waals surface area contributed by atoms with Crippen LogP contribution in [0.2, 0.25) is 0 Å². The SMILES string of the molecule is CCC1CCCCC1NCCc1ccc2c(c1)CCO2. The average Bonchev–Trinajstić information content (AvgIpc) is 2.95. The van der Waals surface area contributed by atoms with E-state index in [4.69, 9.17) is 4.74 Å². The maximum absolute atomic E-state index is 5.57. The van der Waals surface area contributed by atoms with Gasteiger partial charge in [0.25, 0.3) is 0 Å². The predicted molar refractivity (Wildman–Crippen MR) is 83.4 cm³/mol. The molecule has 1 N–H and O–H groups in total. The maximum atomic E-state index is 5.57. The summed E-state index contributed by atoms with van der Waals surface area (Å²) in [5, 5.41) is 3.81. The monoisotopic (exact) mass is 273 g/mol. The van der Waals surface area contributed by atoms with Gasteiger partial charge in [0.15, 0.2) is 0 Å². The van der Waals surface area contributed by atoms with Crippen molar-refractivity contribution in [2.45, 2.75) is 57.9 Å². The lowest BCUT2D eigenvalue weighted by atomic mass is 9.83. The number of ether oxygens (including phenoxy) is 1. The molecule has 1 aromatic carbocycles. The van der Waals surface area contributed by atoms with E-state index in [2.05, 4.69) is 30.4 Å². The molecule has 1 fully saturated rings. The fourth-order valence-corrected chi connectivity index (χ4v) is 3.76. The van der Waals surface area contributed by atoms with Gasteiger partial charge >= 0.3 is 0 Å². The Kier molecular flexibility index (Phi) is 4.62. The summed E-state index contributed by atoms with van der Waals surface area (Å²) in [5.74, 6) is 2.00. The van der Waals surface area contributed by atoms with Crippen LogP contribution in [0.3, 0.4) is 0 Å². The van der Waals surface area contributed by atoms with E-state index in [9.17, 15) is 0 Å². The Morgan fingerprint density at radius 1 is 1.25 bits per heavy atom. The van der Waals surface area contributed by atoms with Crippen LogP contribution >= 0.6 is 0 Å². The molecule has 2 heteroatoms.